The fourth-order valence-electron chi connectivity index (χ4n) is 3.00. The SMILES string of the molecule is CCOc1ccc(OCCNC(=O)CSc2nnc(C)n2-c2cccc(NC(C)=O)c2)cc1. The summed E-state index contributed by atoms with van der Waals surface area (Å²) < 4.78 is 12.9. The monoisotopic (exact) mass is 469 g/mol. The second kappa shape index (κ2) is 11.9. The lowest BCUT2D eigenvalue weighted by Crippen LogP contribution is -2.29. The van der Waals surface area contributed by atoms with Crippen LogP contribution in [0.2, 0.25) is 0 Å². The van der Waals surface area contributed by atoms with Gasteiger partial charge < -0.3 is 20.1 Å². The quantitative estimate of drug-likeness (QED) is 0.328. The van der Waals surface area contributed by atoms with Crippen molar-refractivity contribution < 1.29 is 19.1 Å². The lowest BCUT2D eigenvalue weighted by Gasteiger charge is -2.11. The van der Waals surface area contributed by atoms with E-state index in [1.54, 1.807) is 6.07 Å². The van der Waals surface area contributed by atoms with E-state index in [2.05, 4.69) is 20.8 Å². The summed E-state index contributed by atoms with van der Waals surface area (Å²) in [5.41, 5.74) is 1.48. The zero-order valence-electron chi connectivity index (χ0n) is 18.8. The van der Waals surface area contributed by atoms with Crippen LogP contribution in [0.1, 0.15) is 19.7 Å². The minimum atomic E-state index is -0.148. The van der Waals surface area contributed by atoms with Gasteiger partial charge in [0, 0.05) is 12.6 Å². The van der Waals surface area contributed by atoms with Crippen molar-refractivity contribution in [3.8, 4) is 17.2 Å². The van der Waals surface area contributed by atoms with Crippen molar-refractivity contribution in [2.24, 2.45) is 0 Å². The Bertz CT molecular complexity index is 1080. The van der Waals surface area contributed by atoms with Crippen LogP contribution in [0.25, 0.3) is 5.69 Å². The number of nitrogens with zero attached hydrogens (tertiary/aromatic N) is 3. The third-order valence-corrected chi connectivity index (χ3v) is 5.31. The van der Waals surface area contributed by atoms with Crippen molar-refractivity contribution in [1.82, 2.24) is 20.1 Å². The molecule has 1 aromatic heterocycles. The molecule has 0 aliphatic heterocycles. The molecule has 2 amide bonds. The summed E-state index contributed by atoms with van der Waals surface area (Å²) in [4.78, 5) is 23.6. The Balaban J connectivity index is 1.48. The number of nitrogens with one attached hydrogen (secondary N) is 2. The molecule has 0 spiro atoms. The molecule has 0 atom stereocenters. The molecule has 2 N–H and O–H groups in total. The first-order valence-corrected chi connectivity index (χ1v) is 11.5. The summed E-state index contributed by atoms with van der Waals surface area (Å²) in [5, 5.41) is 14.5. The molecular weight excluding hydrogens is 442 g/mol. The van der Waals surface area contributed by atoms with Gasteiger partial charge in [-0.2, -0.15) is 0 Å². The molecule has 174 valence electrons. The maximum absolute atomic E-state index is 12.3. The van der Waals surface area contributed by atoms with Gasteiger partial charge in [-0.05, 0) is 56.3 Å². The zero-order valence-corrected chi connectivity index (χ0v) is 19.6. The van der Waals surface area contributed by atoms with E-state index in [4.69, 9.17) is 9.47 Å². The second-order valence-corrected chi connectivity index (χ2v) is 7.93. The first-order valence-electron chi connectivity index (χ1n) is 10.5. The van der Waals surface area contributed by atoms with Crippen LogP contribution < -0.4 is 20.1 Å². The van der Waals surface area contributed by atoms with E-state index in [1.165, 1.54) is 18.7 Å². The molecule has 3 rings (SSSR count). The van der Waals surface area contributed by atoms with E-state index >= 15 is 0 Å². The van der Waals surface area contributed by atoms with E-state index in [0.29, 0.717) is 42.2 Å². The number of thioether (sulfide) groups is 1. The fraction of sp³-hybridized carbons (Fsp3) is 0.304. The molecular formula is C23H27N5O4S. The fourth-order valence-corrected chi connectivity index (χ4v) is 3.83. The lowest BCUT2D eigenvalue weighted by atomic mass is 10.2. The molecule has 0 aliphatic rings. The van der Waals surface area contributed by atoms with Gasteiger partial charge in [0.25, 0.3) is 0 Å². The Morgan fingerprint density at radius 3 is 2.48 bits per heavy atom. The van der Waals surface area contributed by atoms with Crippen LogP contribution >= 0.6 is 11.8 Å². The zero-order chi connectivity index (χ0) is 23.6. The Labute approximate surface area is 196 Å². The number of benzene rings is 2. The number of rotatable bonds is 11. The highest BCUT2D eigenvalue weighted by atomic mass is 32.2. The Hall–Kier alpha value is -3.53. The molecule has 0 fully saturated rings. The molecule has 0 aliphatic carbocycles. The number of hydrogen-bond acceptors (Lipinski definition) is 7. The standard InChI is InChI=1S/C23H27N5O4S/c1-4-31-20-8-10-21(11-9-20)32-13-12-24-22(30)15-33-23-27-26-16(2)28(23)19-7-5-6-18(14-19)25-17(3)29/h5-11,14H,4,12-13,15H2,1-3H3,(H,24,30)(H,25,29). The van der Waals surface area contributed by atoms with Gasteiger partial charge in [0.2, 0.25) is 11.8 Å². The van der Waals surface area contributed by atoms with Crippen molar-refractivity contribution >= 4 is 29.3 Å². The molecule has 0 saturated carbocycles. The molecule has 0 bridgehead atoms. The molecule has 10 heteroatoms. The molecule has 33 heavy (non-hydrogen) atoms. The number of carbonyl (C=O) groups is 2. The normalized spacial score (nSPS) is 10.5. The highest BCUT2D eigenvalue weighted by Crippen LogP contribution is 2.23. The Morgan fingerprint density at radius 2 is 1.79 bits per heavy atom. The first-order chi connectivity index (χ1) is 16.0. The Kier molecular flexibility index (Phi) is 8.71. The van der Waals surface area contributed by atoms with Gasteiger partial charge in [-0.15, -0.1) is 10.2 Å². The number of amides is 2. The van der Waals surface area contributed by atoms with Gasteiger partial charge in [-0.3, -0.25) is 14.2 Å². The summed E-state index contributed by atoms with van der Waals surface area (Å²) in [7, 11) is 0. The van der Waals surface area contributed by atoms with E-state index in [0.717, 1.165) is 11.4 Å². The molecule has 0 unspecified atom stereocenters. The maximum Gasteiger partial charge on any atom is 0.230 e. The number of anilines is 1. The van der Waals surface area contributed by atoms with Crippen molar-refractivity contribution in [2.45, 2.75) is 25.9 Å². The molecule has 1 heterocycles. The van der Waals surface area contributed by atoms with Crippen LogP contribution in [0.5, 0.6) is 11.5 Å². The minimum Gasteiger partial charge on any atom is -0.494 e. The van der Waals surface area contributed by atoms with Crippen LogP contribution in [0.4, 0.5) is 5.69 Å². The van der Waals surface area contributed by atoms with Crippen molar-refractivity contribution in [3.05, 3.63) is 54.4 Å². The third-order valence-electron chi connectivity index (χ3n) is 4.38. The van der Waals surface area contributed by atoms with E-state index in [9.17, 15) is 9.59 Å². The molecule has 0 saturated heterocycles. The van der Waals surface area contributed by atoms with Gasteiger partial charge in [0.05, 0.1) is 24.6 Å². The molecule has 9 nitrogen and oxygen atoms in total. The van der Waals surface area contributed by atoms with Crippen molar-refractivity contribution in [1.29, 1.82) is 0 Å². The predicted molar refractivity (Wildman–Crippen MR) is 127 cm³/mol. The molecule has 2 aromatic carbocycles. The molecule has 3 aromatic rings. The second-order valence-electron chi connectivity index (χ2n) is 6.99. The minimum absolute atomic E-state index is 0.130. The van der Waals surface area contributed by atoms with Crippen LogP contribution in [-0.4, -0.2) is 52.1 Å². The summed E-state index contributed by atoms with van der Waals surface area (Å²) in [6.07, 6.45) is 0. The average Bonchev–Trinajstić information content (AvgIpc) is 3.16. The summed E-state index contributed by atoms with van der Waals surface area (Å²) >= 11 is 1.29. The summed E-state index contributed by atoms with van der Waals surface area (Å²) in [6.45, 7) is 6.58. The topological polar surface area (TPSA) is 107 Å². The van der Waals surface area contributed by atoms with Gasteiger partial charge >= 0.3 is 0 Å². The number of aromatic nitrogens is 3. The van der Waals surface area contributed by atoms with Crippen LogP contribution in [0.15, 0.2) is 53.7 Å². The van der Waals surface area contributed by atoms with Crippen LogP contribution in [-0.2, 0) is 9.59 Å². The highest BCUT2D eigenvalue weighted by molar-refractivity contribution is 7.99. The van der Waals surface area contributed by atoms with E-state index < -0.39 is 0 Å². The first kappa shape index (κ1) is 24.1. The van der Waals surface area contributed by atoms with Crippen LogP contribution in [0, 0.1) is 6.92 Å². The van der Waals surface area contributed by atoms with Gasteiger partial charge in [-0.1, -0.05) is 17.8 Å². The maximum atomic E-state index is 12.3. The number of hydrogen-bond donors (Lipinski definition) is 2. The van der Waals surface area contributed by atoms with Crippen molar-refractivity contribution in [3.63, 3.8) is 0 Å². The summed E-state index contributed by atoms with van der Waals surface area (Å²) in [5.74, 6) is 2.10. The van der Waals surface area contributed by atoms with E-state index in [-0.39, 0.29) is 17.6 Å². The third kappa shape index (κ3) is 7.25. The van der Waals surface area contributed by atoms with Crippen LogP contribution in [0.3, 0.4) is 0 Å². The number of ether oxygens (including phenoxy) is 2. The van der Waals surface area contributed by atoms with Gasteiger partial charge in [-0.25, -0.2) is 0 Å². The smallest absolute Gasteiger partial charge is 0.230 e. The summed E-state index contributed by atoms with van der Waals surface area (Å²) in [6, 6.07) is 14.7. The molecule has 0 radical (unpaired) electrons. The Morgan fingerprint density at radius 1 is 1.06 bits per heavy atom. The van der Waals surface area contributed by atoms with Crippen molar-refractivity contribution in [2.75, 3.05) is 30.8 Å². The van der Waals surface area contributed by atoms with Gasteiger partial charge in [0.15, 0.2) is 5.16 Å². The predicted octanol–water partition coefficient (Wildman–Crippen LogP) is 3.22. The number of aryl methyl sites for hydroxylation is 1. The number of carbonyl (C=O) groups excluding carboxylic acids is 2. The largest absolute Gasteiger partial charge is 0.494 e. The average molecular weight is 470 g/mol. The van der Waals surface area contributed by atoms with Gasteiger partial charge in [0.1, 0.15) is 23.9 Å². The highest BCUT2D eigenvalue weighted by Gasteiger charge is 2.14. The van der Waals surface area contributed by atoms with E-state index in [1.807, 2.05) is 60.9 Å². The lowest BCUT2D eigenvalue weighted by molar-refractivity contribution is -0.118.